The number of benzene rings is 2. The van der Waals surface area contributed by atoms with Crippen LogP contribution in [0.5, 0.6) is 0 Å². The van der Waals surface area contributed by atoms with Crippen molar-refractivity contribution in [1.29, 1.82) is 0 Å². The van der Waals surface area contributed by atoms with Gasteiger partial charge < -0.3 is 10.6 Å². The van der Waals surface area contributed by atoms with Crippen LogP contribution in [0.2, 0.25) is 0 Å². The summed E-state index contributed by atoms with van der Waals surface area (Å²) in [5, 5.41) is 16.7. The first-order valence-corrected chi connectivity index (χ1v) is 10.1. The Balaban J connectivity index is 1.69. The zero-order chi connectivity index (χ0) is 19.8. The number of rotatable bonds is 8. The number of amides is 2. The molecule has 2 amide bonds. The van der Waals surface area contributed by atoms with E-state index < -0.39 is 0 Å². The summed E-state index contributed by atoms with van der Waals surface area (Å²) in [6, 6.07) is 17.8. The Labute approximate surface area is 168 Å². The number of carbonyl (C=O) groups excluding carboxylic acids is 2. The van der Waals surface area contributed by atoms with Crippen LogP contribution < -0.4 is 10.6 Å². The lowest BCUT2D eigenvalue weighted by Crippen LogP contribution is -2.37. The van der Waals surface area contributed by atoms with Crippen molar-refractivity contribution in [1.82, 2.24) is 20.8 Å². The van der Waals surface area contributed by atoms with E-state index in [2.05, 4.69) is 20.8 Å². The van der Waals surface area contributed by atoms with Gasteiger partial charge in [-0.3, -0.25) is 9.59 Å². The smallest absolute Gasteiger partial charge is 0.239 e. The Morgan fingerprint density at radius 2 is 1.61 bits per heavy atom. The average molecular weight is 395 g/mol. The molecule has 0 spiro atoms. The first-order valence-electron chi connectivity index (χ1n) is 9.16. The summed E-state index contributed by atoms with van der Waals surface area (Å²) >= 11 is 1.31. The molecule has 0 aliphatic heterocycles. The largest absolute Gasteiger partial charge is 0.355 e. The van der Waals surface area contributed by atoms with Crippen molar-refractivity contribution in [3.05, 3.63) is 54.6 Å². The number of carbonyl (C=O) groups is 2. The fourth-order valence-corrected chi connectivity index (χ4v) is 3.49. The maximum atomic E-state index is 12.1. The minimum absolute atomic E-state index is 0.0151. The SMILES string of the molecule is CCCNC(=O)CNC(=O)CSc1nnc(-c2ccccc2)c2ccccc12. The summed E-state index contributed by atoms with van der Waals surface area (Å²) in [5.74, 6) is -0.225. The summed E-state index contributed by atoms with van der Waals surface area (Å²) < 4.78 is 0. The molecule has 1 heterocycles. The third-order valence-corrected chi connectivity index (χ3v) is 5.04. The molecule has 0 radical (unpaired) electrons. The summed E-state index contributed by atoms with van der Waals surface area (Å²) in [7, 11) is 0. The maximum Gasteiger partial charge on any atom is 0.239 e. The minimum Gasteiger partial charge on any atom is -0.355 e. The molecule has 0 aliphatic rings. The Bertz CT molecular complexity index is 963. The predicted molar refractivity (Wildman–Crippen MR) is 112 cm³/mol. The van der Waals surface area contributed by atoms with E-state index >= 15 is 0 Å². The van der Waals surface area contributed by atoms with Crippen LogP contribution in [0.1, 0.15) is 13.3 Å². The van der Waals surface area contributed by atoms with Gasteiger partial charge in [0.1, 0.15) is 10.7 Å². The second kappa shape index (κ2) is 9.85. The minimum atomic E-state index is -0.213. The van der Waals surface area contributed by atoms with E-state index in [1.54, 1.807) is 0 Å². The molecule has 0 fully saturated rings. The van der Waals surface area contributed by atoms with E-state index in [1.165, 1.54) is 11.8 Å². The van der Waals surface area contributed by atoms with E-state index in [-0.39, 0.29) is 24.1 Å². The van der Waals surface area contributed by atoms with Crippen molar-refractivity contribution in [3.8, 4) is 11.3 Å². The summed E-state index contributed by atoms with van der Waals surface area (Å²) in [6.45, 7) is 2.57. The average Bonchev–Trinajstić information content (AvgIpc) is 2.75. The molecule has 7 heteroatoms. The fourth-order valence-electron chi connectivity index (χ4n) is 2.69. The van der Waals surface area contributed by atoms with E-state index in [9.17, 15) is 9.59 Å². The predicted octanol–water partition coefficient (Wildman–Crippen LogP) is 3.03. The molecule has 3 aromatic rings. The molecular weight excluding hydrogens is 372 g/mol. The van der Waals surface area contributed by atoms with Crippen LogP contribution in [0.3, 0.4) is 0 Å². The molecule has 0 unspecified atom stereocenters. The van der Waals surface area contributed by atoms with Gasteiger partial charge in [-0.1, -0.05) is 73.3 Å². The topological polar surface area (TPSA) is 84.0 Å². The van der Waals surface area contributed by atoms with Crippen LogP contribution in [0.4, 0.5) is 0 Å². The molecule has 2 N–H and O–H groups in total. The molecule has 28 heavy (non-hydrogen) atoms. The lowest BCUT2D eigenvalue weighted by molar-refractivity contribution is -0.124. The van der Waals surface area contributed by atoms with Gasteiger partial charge in [-0.2, -0.15) is 0 Å². The standard InChI is InChI=1S/C21H22N4O2S/c1-2-12-22-18(26)13-23-19(27)14-28-21-17-11-7-6-10-16(17)20(24-25-21)15-8-4-3-5-9-15/h3-11H,2,12-14H2,1H3,(H,22,26)(H,23,27). The highest BCUT2D eigenvalue weighted by atomic mass is 32.2. The molecule has 0 atom stereocenters. The molecule has 0 saturated carbocycles. The number of fused-ring (bicyclic) bond motifs is 1. The van der Waals surface area contributed by atoms with E-state index in [1.807, 2.05) is 61.5 Å². The lowest BCUT2D eigenvalue weighted by atomic mass is 10.1. The second-order valence-corrected chi connectivity index (χ2v) is 7.14. The van der Waals surface area contributed by atoms with Crippen molar-refractivity contribution < 1.29 is 9.59 Å². The van der Waals surface area contributed by atoms with Gasteiger partial charge in [0.05, 0.1) is 12.3 Å². The molecule has 1 aromatic heterocycles. The number of thioether (sulfide) groups is 1. The highest BCUT2D eigenvalue weighted by Gasteiger charge is 2.13. The zero-order valence-corrected chi connectivity index (χ0v) is 16.5. The van der Waals surface area contributed by atoms with E-state index in [0.29, 0.717) is 11.6 Å². The fraction of sp³-hybridized carbons (Fsp3) is 0.238. The van der Waals surface area contributed by atoms with Gasteiger partial charge in [-0.25, -0.2) is 0 Å². The van der Waals surface area contributed by atoms with Crippen molar-refractivity contribution in [2.24, 2.45) is 0 Å². The molecule has 2 aromatic carbocycles. The van der Waals surface area contributed by atoms with Crippen LogP contribution in [0, 0.1) is 0 Å². The van der Waals surface area contributed by atoms with Crippen molar-refractivity contribution in [3.63, 3.8) is 0 Å². The molecule has 0 bridgehead atoms. The van der Waals surface area contributed by atoms with Gasteiger partial charge in [0.25, 0.3) is 0 Å². The highest BCUT2D eigenvalue weighted by molar-refractivity contribution is 8.00. The van der Waals surface area contributed by atoms with E-state index in [0.717, 1.165) is 28.5 Å². The summed E-state index contributed by atoms with van der Waals surface area (Å²) in [4.78, 5) is 23.6. The first-order chi connectivity index (χ1) is 13.7. The monoisotopic (exact) mass is 394 g/mol. The number of aromatic nitrogens is 2. The van der Waals surface area contributed by atoms with Crippen LogP contribution in [0.15, 0.2) is 59.6 Å². The zero-order valence-electron chi connectivity index (χ0n) is 15.6. The molecule has 144 valence electrons. The number of hydrogen-bond donors (Lipinski definition) is 2. The van der Waals surface area contributed by atoms with Gasteiger partial charge in [-0.05, 0) is 6.42 Å². The van der Waals surface area contributed by atoms with Crippen LogP contribution in [0.25, 0.3) is 22.0 Å². The second-order valence-electron chi connectivity index (χ2n) is 6.18. The van der Waals surface area contributed by atoms with Gasteiger partial charge in [0.2, 0.25) is 11.8 Å². The molecule has 0 aliphatic carbocycles. The molecular formula is C21H22N4O2S. The normalized spacial score (nSPS) is 10.6. The molecule has 0 saturated heterocycles. The van der Waals surface area contributed by atoms with Gasteiger partial charge in [0, 0.05) is 22.9 Å². The third-order valence-electron chi connectivity index (χ3n) is 4.06. The Kier molecular flexibility index (Phi) is 6.97. The van der Waals surface area contributed by atoms with Gasteiger partial charge in [0.15, 0.2) is 0 Å². The van der Waals surface area contributed by atoms with Crippen molar-refractivity contribution in [2.75, 3.05) is 18.8 Å². The van der Waals surface area contributed by atoms with Gasteiger partial charge in [-0.15, -0.1) is 10.2 Å². The van der Waals surface area contributed by atoms with Crippen LogP contribution >= 0.6 is 11.8 Å². The lowest BCUT2D eigenvalue weighted by Gasteiger charge is -2.09. The number of nitrogens with zero attached hydrogens (tertiary/aromatic N) is 2. The molecule has 3 rings (SSSR count). The number of nitrogens with one attached hydrogen (secondary N) is 2. The van der Waals surface area contributed by atoms with E-state index in [4.69, 9.17) is 0 Å². The third kappa shape index (κ3) is 5.07. The van der Waals surface area contributed by atoms with Gasteiger partial charge >= 0.3 is 0 Å². The Morgan fingerprint density at radius 1 is 0.893 bits per heavy atom. The van der Waals surface area contributed by atoms with Crippen LogP contribution in [-0.2, 0) is 9.59 Å². The van der Waals surface area contributed by atoms with Crippen molar-refractivity contribution in [2.45, 2.75) is 18.4 Å². The first kappa shape index (κ1) is 19.8. The Hall–Kier alpha value is -2.93. The van der Waals surface area contributed by atoms with Crippen LogP contribution in [-0.4, -0.2) is 40.9 Å². The van der Waals surface area contributed by atoms with Crippen molar-refractivity contribution >= 4 is 34.3 Å². The maximum absolute atomic E-state index is 12.1. The Morgan fingerprint density at radius 3 is 2.36 bits per heavy atom. The summed E-state index contributed by atoms with van der Waals surface area (Å²) in [6.07, 6.45) is 0.861. The molecule has 6 nitrogen and oxygen atoms in total. The quantitative estimate of drug-likeness (QED) is 0.574. The highest BCUT2D eigenvalue weighted by Crippen LogP contribution is 2.31. The summed E-state index contributed by atoms with van der Waals surface area (Å²) in [5.41, 5.74) is 1.82. The number of hydrogen-bond acceptors (Lipinski definition) is 5.